The molecule has 0 aliphatic carbocycles. The molecule has 5 heteroatoms. The fourth-order valence-electron chi connectivity index (χ4n) is 2.09. The Morgan fingerprint density at radius 2 is 2.16 bits per heavy atom. The summed E-state index contributed by atoms with van der Waals surface area (Å²) in [7, 11) is 5.56. The van der Waals surface area contributed by atoms with Gasteiger partial charge in [-0.2, -0.15) is 5.10 Å². The molecule has 0 saturated carbocycles. The lowest BCUT2D eigenvalue weighted by Crippen LogP contribution is -2.17. The van der Waals surface area contributed by atoms with Crippen molar-refractivity contribution in [2.45, 2.75) is 13.5 Å². The summed E-state index contributed by atoms with van der Waals surface area (Å²) >= 11 is 0. The van der Waals surface area contributed by atoms with Crippen LogP contribution < -0.4 is 15.4 Å². The van der Waals surface area contributed by atoms with Gasteiger partial charge in [0.1, 0.15) is 11.6 Å². The molecule has 5 nitrogen and oxygen atoms in total. The predicted molar refractivity (Wildman–Crippen MR) is 77.5 cm³/mol. The summed E-state index contributed by atoms with van der Waals surface area (Å²) in [4.78, 5) is 2.13. The zero-order valence-corrected chi connectivity index (χ0v) is 11.8. The third-order valence-corrected chi connectivity index (χ3v) is 3.28. The molecule has 0 atom stereocenters. The van der Waals surface area contributed by atoms with Crippen molar-refractivity contribution in [1.29, 1.82) is 0 Å². The average molecular weight is 260 g/mol. The number of rotatable bonds is 4. The van der Waals surface area contributed by atoms with Crippen molar-refractivity contribution >= 4 is 11.5 Å². The van der Waals surface area contributed by atoms with Gasteiger partial charge in [0.2, 0.25) is 0 Å². The Morgan fingerprint density at radius 1 is 1.42 bits per heavy atom. The van der Waals surface area contributed by atoms with Gasteiger partial charge in [0.05, 0.1) is 12.8 Å². The second kappa shape index (κ2) is 5.22. The van der Waals surface area contributed by atoms with Gasteiger partial charge >= 0.3 is 0 Å². The van der Waals surface area contributed by atoms with Gasteiger partial charge in [-0.3, -0.25) is 4.68 Å². The van der Waals surface area contributed by atoms with Crippen LogP contribution in [0, 0.1) is 6.92 Å². The Morgan fingerprint density at radius 3 is 2.74 bits per heavy atom. The van der Waals surface area contributed by atoms with Crippen LogP contribution >= 0.6 is 0 Å². The van der Waals surface area contributed by atoms with Gasteiger partial charge in [-0.15, -0.1) is 0 Å². The lowest BCUT2D eigenvalue weighted by molar-refractivity contribution is 0.415. The molecular weight excluding hydrogens is 240 g/mol. The molecular formula is C14H20N4O. The zero-order chi connectivity index (χ0) is 14.0. The first kappa shape index (κ1) is 13.3. The Kier molecular flexibility index (Phi) is 3.64. The standard InChI is InChI=1S/C14H20N4O/c1-10-13(14(15)18(3)16-10)9-17(2)11-6-5-7-12(8-11)19-4/h5-8H,9,15H2,1-4H3. The van der Waals surface area contributed by atoms with E-state index in [4.69, 9.17) is 10.5 Å². The van der Waals surface area contributed by atoms with E-state index in [0.29, 0.717) is 5.82 Å². The number of aromatic nitrogens is 2. The molecule has 0 spiro atoms. The quantitative estimate of drug-likeness (QED) is 0.913. The summed E-state index contributed by atoms with van der Waals surface area (Å²) in [5, 5.41) is 4.33. The number of nitrogen functional groups attached to an aromatic ring is 1. The Hall–Kier alpha value is -2.17. The van der Waals surface area contributed by atoms with E-state index in [2.05, 4.69) is 10.00 Å². The van der Waals surface area contributed by atoms with E-state index < -0.39 is 0 Å². The summed E-state index contributed by atoms with van der Waals surface area (Å²) in [6, 6.07) is 7.96. The van der Waals surface area contributed by atoms with Crippen LogP contribution in [0.25, 0.3) is 0 Å². The highest BCUT2D eigenvalue weighted by Crippen LogP contribution is 2.24. The van der Waals surface area contributed by atoms with Crippen molar-refractivity contribution in [1.82, 2.24) is 9.78 Å². The van der Waals surface area contributed by atoms with E-state index in [1.54, 1.807) is 11.8 Å². The highest BCUT2D eigenvalue weighted by atomic mass is 16.5. The van der Waals surface area contributed by atoms with Crippen LogP contribution in [0.4, 0.5) is 11.5 Å². The third-order valence-electron chi connectivity index (χ3n) is 3.28. The second-order valence-corrected chi connectivity index (χ2v) is 4.63. The van der Waals surface area contributed by atoms with Crippen LogP contribution in [0.1, 0.15) is 11.3 Å². The molecule has 0 aliphatic heterocycles. The Bertz CT molecular complexity index is 577. The molecule has 102 valence electrons. The number of anilines is 2. The van der Waals surface area contributed by atoms with Crippen LogP contribution in [0.5, 0.6) is 5.75 Å². The predicted octanol–water partition coefficient (Wildman–Crippen LogP) is 1.96. The highest BCUT2D eigenvalue weighted by molar-refractivity contribution is 5.53. The number of nitrogens with two attached hydrogens (primary N) is 1. The van der Waals surface area contributed by atoms with Crippen molar-refractivity contribution in [2.24, 2.45) is 7.05 Å². The maximum Gasteiger partial charge on any atom is 0.126 e. The van der Waals surface area contributed by atoms with E-state index in [-0.39, 0.29) is 0 Å². The number of ether oxygens (including phenoxy) is 1. The van der Waals surface area contributed by atoms with Gasteiger partial charge in [0, 0.05) is 38.0 Å². The molecule has 0 saturated heterocycles. The normalized spacial score (nSPS) is 10.5. The summed E-state index contributed by atoms with van der Waals surface area (Å²) in [5.41, 5.74) is 9.15. The van der Waals surface area contributed by atoms with Crippen LogP contribution in [-0.2, 0) is 13.6 Å². The molecule has 1 aromatic heterocycles. The molecule has 1 heterocycles. The van der Waals surface area contributed by atoms with Crippen molar-refractivity contribution in [3.05, 3.63) is 35.5 Å². The molecule has 0 amide bonds. The smallest absolute Gasteiger partial charge is 0.126 e. The summed E-state index contributed by atoms with van der Waals surface area (Å²) in [6.45, 7) is 2.70. The molecule has 0 aliphatic rings. The van der Waals surface area contributed by atoms with Crippen LogP contribution in [0.2, 0.25) is 0 Å². The Labute approximate surface area is 113 Å². The molecule has 1 aromatic carbocycles. The van der Waals surface area contributed by atoms with Crippen molar-refractivity contribution in [3.63, 3.8) is 0 Å². The number of hydrogen-bond donors (Lipinski definition) is 1. The fraction of sp³-hybridized carbons (Fsp3) is 0.357. The van der Waals surface area contributed by atoms with Crippen molar-refractivity contribution in [2.75, 3.05) is 24.8 Å². The number of aryl methyl sites for hydroxylation is 2. The summed E-state index contributed by atoms with van der Waals surface area (Å²) in [6.07, 6.45) is 0. The molecule has 2 aromatic rings. The van der Waals surface area contributed by atoms with E-state index in [1.165, 1.54) is 0 Å². The lowest BCUT2D eigenvalue weighted by atomic mass is 10.2. The first-order valence-electron chi connectivity index (χ1n) is 6.16. The van der Waals surface area contributed by atoms with E-state index in [1.807, 2.05) is 45.3 Å². The first-order chi connectivity index (χ1) is 9.02. The first-order valence-corrected chi connectivity index (χ1v) is 6.16. The number of nitrogens with zero attached hydrogens (tertiary/aromatic N) is 3. The highest BCUT2D eigenvalue weighted by Gasteiger charge is 2.13. The number of hydrogen-bond acceptors (Lipinski definition) is 4. The van der Waals surface area contributed by atoms with Gasteiger partial charge < -0.3 is 15.4 Å². The molecule has 0 fully saturated rings. The average Bonchev–Trinajstić information content (AvgIpc) is 2.65. The zero-order valence-electron chi connectivity index (χ0n) is 11.8. The van der Waals surface area contributed by atoms with E-state index in [9.17, 15) is 0 Å². The monoisotopic (exact) mass is 260 g/mol. The largest absolute Gasteiger partial charge is 0.497 e. The van der Waals surface area contributed by atoms with Gasteiger partial charge in [0.25, 0.3) is 0 Å². The lowest BCUT2D eigenvalue weighted by Gasteiger charge is -2.20. The number of methoxy groups -OCH3 is 1. The molecule has 2 rings (SSSR count). The van der Waals surface area contributed by atoms with Crippen LogP contribution in [0.3, 0.4) is 0 Å². The molecule has 0 unspecified atom stereocenters. The van der Waals surface area contributed by atoms with Crippen LogP contribution in [0.15, 0.2) is 24.3 Å². The molecule has 0 radical (unpaired) electrons. The van der Waals surface area contributed by atoms with Gasteiger partial charge in [-0.25, -0.2) is 0 Å². The minimum Gasteiger partial charge on any atom is -0.497 e. The van der Waals surface area contributed by atoms with Crippen molar-refractivity contribution in [3.8, 4) is 5.75 Å². The molecule has 19 heavy (non-hydrogen) atoms. The summed E-state index contributed by atoms with van der Waals surface area (Å²) in [5.74, 6) is 1.56. The van der Waals surface area contributed by atoms with Gasteiger partial charge in [-0.1, -0.05) is 6.07 Å². The van der Waals surface area contributed by atoms with Crippen molar-refractivity contribution < 1.29 is 4.74 Å². The molecule has 0 bridgehead atoms. The van der Waals surface area contributed by atoms with Crippen LogP contribution in [-0.4, -0.2) is 23.9 Å². The Balaban J connectivity index is 2.22. The maximum atomic E-state index is 6.03. The fourth-order valence-corrected chi connectivity index (χ4v) is 2.09. The maximum absolute atomic E-state index is 6.03. The second-order valence-electron chi connectivity index (χ2n) is 4.63. The van der Waals surface area contributed by atoms with Gasteiger partial charge in [0.15, 0.2) is 0 Å². The minimum absolute atomic E-state index is 0.715. The van der Waals surface area contributed by atoms with E-state index in [0.717, 1.165) is 29.2 Å². The molecule has 2 N–H and O–H groups in total. The summed E-state index contributed by atoms with van der Waals surface area (Å²) < 4.78 is 6.95. The third kappa shape index (κ3) is 2.65. The SMILES string of the molecule is COc1cccc(N(C)Cc2c(C)nn(C)c2N)c1. The van der Waals surface area contributed by atoms with E-state index >= 15 is 0 Å². The van der Waals surface area contributed by atoms with Gasteiger partial charge in [-0.05, 0) is 19.1 Å². The minimum atomic E-state index is 0.715. The topological polar surface area (TPSA) is 56.3 Å². The number of benzene rings is 1.